The summed E-state index contributed by atoms with van der Waals surface area (Å²) in [6.07, 6.45) is 8.23. The fourth-order valence-electron chi connectivity index (χ4n) is 3.18. The highest BCUT2D eigenvalue weighted by atomic mass is 32.1. The number of rotatable bonds is 6. The molecule has 0 radical (unpaired) electrons. The molecule has 19 heavy (non-hydrogen) atoms. The Morgan fingerprint density at radius 1 is 1.32 bits per heavy atom. The maximum atomic E-state index is 6.03. The number of likely N-dealkylation sites (N-methyl/N-ethyl adjacent to an activating group) is 1. The van der Waals surface area contributed by atoms with Gasteiger partial charge >= 0.3 is 0 Å². The largest absolute Gasteiger partial charge is 0.329 e. The Hall–Kier alpha value is -0.380. The molecule has 108 valence electrons. The SMILES string of the molecule is CCc1ccc(C(CN)N(C)CC2CCCCC2)s1. The molecule has 1 aliphatic carbocycles. The van der Waals surface area contributed by atoms with Crippen LogP contribution in [0.3, 0.4) is 0 Å². The van der Waals surface area contributed by atoms with Gasteiger partial charge in [0.1, 0.15) is 0 Å². The lowest BCUT2D eigenvalue weighted by atomic mass is 9.88. The Morgan fingerprint density at radius 3 is 2.63 bits per heavy atom. The van der Waals surface area contributed by atoms with Gasteiger partial charge in [-0.3, -0.25) is 4.90 Å². The Morgan fingerprint density at radius 2 is 2.05 bits per heavy atom. The second-order valence-electron chi connectivity index (χ2n) is 5.85. The van der Waals surface area contributed by atoms with E-state index in [2.05, 4.69) is 31.0 Å². The Kier molecular flexibility index (Phi) is 5.86. The van der Waals surface area contributed by atoms with Gasteiger partial charge in [0.15, 0.2) is 0 Å². The van der Waals surface area contributed by atoms with Crippen LogP contribution in [-0.4, -0.2) is 25.0 Å². The zero-order chi connectivity index (χ0) is 13.7. The molecule has 0 spiro atoms. The Labute approximate surface area is 122 Å². The maximum absolute atomic E-state index is 6.03. The molecule has 3 heteroatoms. The maximum Gasteiger partial charge on any atom is 0.0562 e. The summed E-state index contributed by atoms with van der Waals surface area (Å²) in [7, 11) is 2.25. The number of aryl methyl sites for hydroxylation is 1. The molecule has 0 saturated heterocycles. The van der Waals surface area contributed by atoms with E-state index < -0.39 is 0 Å². The summed E-state index contributed by atoms with van der Waals surface area (Å²) >= 11 is 1.93. The molecule has 1 aromatic heterocycles. The first-order chi connectivity index (χ1) is 9.24. The fourth-order valence-corrected chi connectivity index (χ4v) is 4.31. The zero-order valence-corrected chi connectivity index (χ0v) is 13.2. The summed E-state index contributed by atoms with van der Waals surface area (Å²) < 4.78 is 0. The summed E-state index contributed by atoms with van der Waals surface area (Å²) in [5.41, 5.74) is 6.03. The van der Waals surface area contributed by atoms with Crippen molar-refractivity contribution in [2.24, 2.45) is 11.7 Å². The highest BCUT2D eigenvalue weighted by molar-refractivity contribution is 7.12. The van der Waals surface area contributed by atoms with Gasteiger partial charge < -0.3 is 5.73 Å². The van der Waals surface area contributed by atoms with Crippen LogP contribution in [0.4, 0.5) is 0 Å². The monoisotopic (exact) mass is 280 g/mol. The van der Waals surface area contributed by atoms with Crippen LogP contribution < -0.4 is 5.73 Å². The number of nitrogens with zero attached hydrogens (tertiary/aromatic N) is 1. The van der Waals surface area contributed by atoms with E-state index >= 15 is 0 Å². The molecule has 0 bridgehead atoms. The average Bonchev–Trinajstić information content (AvgIpc) is 2.89. The molecular formula is C16H28N2S. The minimum absolute atomic E-state index is 0.409. The third kappa shape index (κ3) is 4.04. The lowest BCUT2D eigenvalue weighted by Crippen LogP contribution is -2.34. The standard InChI is InChI=1S/C16H28N2S/c1-3-14-9-10-16(19-14)15(11-17)18(2)12-13-7-5-4-6-8-13/h9-10,13,15H,3-8,11-12,17H2,1-2H3. The van der Waals surface area contributed by atoms with Gasteiger partial charge in [0.2, 0.25) is 0 Å². The van der Waals surface area contributed by atoms with Crippen molar-refractivity contribution >= 4 is 11.3 Å². The van der Waals surface area contributed by atoms with Gasteiger partial charge in [-0.25, -0.2) is 0 Å². The molecule has 1 unspecified atom stereocenters. The van der Waals surface area contributed by atoms with Crippen LogP contribution >= 0.6 is 11.3 Å². The quantitative estimate of drug-likeness (QED) is 0.858. The van der Waals surface area contributed by atoms with E-state index in [0.29, 0.717) is 6.04 Å². The minimum atomic E-state index is 0.409. The lowest BCUT2D eigenvalue weighted by molar-refractivity contribution is 0.188. The van der Waals surface area contributed by atoms with Crippen LogP contribution in [0, 0.1) is 5.92 Å². The van der Waals surface area contributed by atoms with Gasteiger partial charge in [-0.15, -0.1) is 11.3 Å². The molecule has 0 aromatic carbocycles. The van der Waals surface area contributed by atoms with Crippen molar-refractivity contribution in [3.05, 3.63) is 21.9 Å². The van der Waals surface area contributed by atoms with Crippen LogP contribution in [0.25, 0.3) is 0 Å². The molecule has 0 aliphatic heterocycles. The Bertz CT molecular complexity index is 369. The zero-order valence-electron chi connectivity index (χ0n) is 12.4. The molecule has 2 nitrogen and oxygen atoms in total. The summed E-state index contributed by atoms with van der Waals surface area (Å²) in [6, 6.07) is 4.95. The molecular weight excluding hydrogens is 252 g/mol. The van der Waals surface area contributed by atoms with Crippen LogP contribution in [0.15, 0.2) is 12.1 Å². The highest BCUT2D eigenvalue weighted by Gasteiger charge is 2.21. The van der Waals surface area contributed by atoms with E-state index in [4.69, 9.17) is 5.73 Å². The molecule has 1 saturated carbocycles. The van der Waals surface area contributed by atoms with Crippen molar-refractivity contribution in [3.63, 3.8) is 0 Å². The molecule has 2 N–H and O–H groups in total. The molecule has 2 rings (SSSR count). The van der Waals surface area contributed by atoms with Crippen LogP contribution in [-0.2, 0) is 6.42 Å². The summed E-state index contributed by atoms with van der Waals surface area (Å²) in [6.45, 7) is 4.16. The van der Waals surface area contributed by atoms with E-state index in [0.717, 1.165) is 18.9 Å². The first kappa shape index (κ1) is 15.0. The van der Waals surface area contributed by atoms with Gasteiger partial charge in [-0.05, 0) is 44.4 Å². The van der Waals surface area contributed by atoms with Gasteiger partial charge in [0.25, 0.3) is 0 Å². The topological polar surface area (TPSA) is 29.3 Å². The predicted octanol–water partition coefficient (Wildman–Crippen LogP) is 3.82. The number of nitrogens with two attached hydrogens (primary N) is 1. The Balaban J connectivity index is 1.95. The van der Waals surface area contributed by atoms with E-state index in [1.807, 2.05) is 11.3 Å². The molecule has 0 amide bonds. The molecule has 1 heterocycles. The van der Waals surface area contributed by atoms with Gasteiger partial charge in [-0.2, -0.15) is 0 Å². The minimum Gasteiger partial charge on any atom is -0.329 e. The molecule has 1 fully saturated rings. The van der Waals surface area contributed by atoms with Crippen molar-refractivity contribution in [2.45, 2.75) is 51.5 Å². The van der Waals surface area contributed by atoms with E-state index in [-0.39, 0.29) is 0 Å². The van der Waals surface area contributed by atoms with Gasteiger partial charge in [0.05, 0.1) is 6.04 Å². The van der Waals surface area contributed by atoms with Crippen molar-refractivity contribution in [1.29, 1.82) is 0 Å². The third-order valence-corrected chi connectivity index (χ3v) is 5.72. The highest BCUT2D eigenvalue weighted by Crippen LogP contribution is 2.30. The molecule has 1 atom stereocenters. The molecule has 1 aliphatic rings. The van der Waals surface area contributed by atoms with Crippen LogP contribution in [0.2, 0.25) is 0 Å². The first-order valence-electron chi connectivity index (χ1n) is 7.73. The lowest BCUT2D eigenvalue weighted by Gasteiger charge is -2.31. The van der Waals surface area contributed by atoms with Crippen molar-refractivity contribution in [3.8, 4) is 0 Å². The van der Waals surface area contributed by atoms with Crippen molar-refractivity contribution in [1.82, 2.24) is 4.90 Å². The predicted molar refractivity (Wildman–Crippen MR) is 84.7 cm³/mol. The number of hydrogen-bond donors (Lipinski definition) is 1. The van der Waals surface area contributed by atoms with E-state index in [1.165, 1.54) is 48.4 Å². The third-order valence-electron chi connectivity index (χ3n) is 4.39. The first-order valence-corrected chi connectivity index (χ1v) is 8.55. The van der Waals surface area contributed by atoms with E-state index in [9.17, 15) is 0 Å². The smallest absolute Gasteiger partial charge is 0.0562 e. The fraction of sp³-hybridized carbons (Fsp3) is 0.750. The normalized spacial score (nSPS) is 18.9. The number of thiophene rings is 1. The summed E-state index contributed by atoms with van der Waals surface area (Å²) in [5, 5.41) is 0. The van der Waals surface area contributed by atoms with Gasteiger partial charge in [-0.1, -0.05) is 26.2 Å². The number of hydrogen-bond acceptors (Lipinski definition) is 3. The summed E-state index contributed by atoms with van der Waals surface area (Å²) in [5.74, 6) is 0.887. The summed E-state index contributed by atoms with van der Waals surface area (Å²) in [4.78, 5) is 5.40. The van der Waals surface area contributed by atoms with Crippen molar-refractivity contribution in [2.75, 3.05) is 20.1 Å². The van der Waals surface area contributed by atoms with Crippen LogP contribution in [0.5, 0.6) is 0 Å². The van der Waals surface area contributed by atoms with Crippen molar-refractivity contribution < 1.29 is 0 Å². The second kappa shape index (κ2) is 7.41. The second-order valence-corrected chi connectivity index (χ2v) is 7.05. The van der Waals surface area contributed by atoms with Crippen LogP contribution in [0.1, 0.15) is 54.8 Å². The molecule has 1 aromatic rings. The van der Waals surface area contributed by atoms with E-state index in [1.54, 1.807) is 0 Å². The average molecular weight is 280 g/mol. The van der Waals surface area contributed by atoms with Gasteiger partial charge in [0, 0.05) is 22.8 Å².